The first-order valence-corrected chi connectivity index (χ1v) is 6.19. The van der Waals surface area contributed by atoms with Gasteiger partial charge in [-0.3, -0.25) is 9.58 Å². The zero-order chi connectivity index (χ0) is 14.3. The fourth-order valence-corrected chi connectivity index (χ4v) is 2.43. The predicted octanol–water partition coefficient (Wildman–Crippen LogP) is 1.17. The van der Waals surface area contributed by atoms with Crippen LogP contribution in [0.25, 0.3) is 5.69 Å². The van der Waals surface area contributed by atoms with E-state index < -0.39 is 0 Å². The Balaban J connectivity index is 2.35. The number of benzene rings is 1. The van der Waals surface area contributed by atoms with E-state index in [1.165, 1.54) is 0 Å². The number of hydrazine groups is 1. The number of hydrogen-bond acceptors (Lipinski definition) is 5. The Morgan fingerprint density at radius 1 is 1.35 bits per heavy atom. The van der Waals surface area contributed by atoms with Crippen molar-refractivity contribution in [2.45, 2.75) is 13.3 Å². The van der Waals surface area contributed by atoms with Crippen LogP contribution in [0.2, 0.25) is 0 Å². The minimum atomic E-state index is 0.397. The molecule has 1 aliphatic rings. The predicted molar refractivity (Wildman–Crippen MR) is 75.5 cm³/mol. The van der Waals surface area contributed by atoms with Gasteiger partial charge in [0.1, 0.15) is 12.4 Å². The number of hydrogen-bond donors (Lipinski definition) is 2. The first-order valence-electron chi connectivity index (χ1n) is 6.19. The van der Waals surface area contributed by atoms with Gasteiger partial charge in [-0.25, -0.2) is 10.8 Å². The number of imidazole rings is 1. The molecule has 0 saturated carbocycles. The van der Waals surface area contributed by atoms with Gasteiger partial charge < -0.3 is 5.73 Å². The fourth-order valence-electron chi connectivity index (χ4n) is 2.43. The monoisotopic (exact) mass is 266 g/mol. The molecule has 1 aromatic carbocycles. The van der Waals surface area contributed by atoms with Gasteiger partial charge in [-0.1, -0.05) is 12.1 Å². The SMILES string of the molecule is C/C(N)=C1\Cc2c(C#N)ncn2-c2ccccc2N1N. The molecule has 0 spiro atoms. The van der Waals surface area contributed by atoms with Crippen molar-refractivity contribution in [3.63, 3.8) is 0 Å². The minimum Gasteiger partial charge on any atom is -0.401 e. The quantitative estimate of drug-likeness (QED) is 0.698. The molecule has 1 aliphatic heterocycles. The summed E-state index contributed by atoms with van der Waals surface area (Å²) in [5.74, 6) is 6.20. The lowest BCUT2D eigenvalue weighted by atomic mass is 10.1. The van der Waals surface area contributed by atoms with E-state index in [1.807, 2.05) is 28.8 Å². The van der Waals surface area contributed by atoms with E-state index in [4.69, 9.17) is 11.6 Å². The van der Waals surface area contributed by atoms with E-state index in [0.717, 1.165) is 22.8 Å². The molecule has 0 amide bonds. The van der Waals surface area contributed by atoms with E-state index in [0.29, 0.717) is 17.8 Å². The molecule has 0 atom stereocenters. The van der Waals surface area contributed by atoms with Crippen LogP contribution in [0, 0.1) is 11.3 Å². The van der Waals surface area contributed by atoms with Gasteiger partial charge in [-0.15, -0.1) is 0 Å². The van der Waals surface area contributed by atoms with Crippen LogP contribution in [-0.2, 0) is 6.42 Å². The highest BCUT2D eigenvalue weighted by molar-refractivity contribution is 5.68. The number of nitrogens with two attached hydrogens (primary N) is 2. The van der Waals surface area contributed by atoms with Crippen molar-refractivity contribution in [2.24, 2.45) is 11.6 Å². The maximum absolute atomic E-state index is 9.20. The normalized spacial score (nSPS) is 15.9. The van der Waals surface area contributed by atoms with E-state index >= 15 is 0 Å². The van der Waals surface area contributed by atoms with Gasteiger partial charge in [0.25, 0.3) is 0 Å². The van der Waals surface area contributed by atoms with Gasteiger partial charge in [0, 0.05) is 12.1 Å². The number of nitrogens with zero attached hydrogens (tertiary/aromatic N) is 4. The molecule has 0 radical (unpaired) electrons. The summed E-state index contributed by atoms with van der Waals surface area (Å²) < 4.78 is 1.89. The summed E-state index contributed by atoms with van der Waals surface area (Å²) in [5.41, 5.74) is 10.3. The summed E-state index contributed by atoms with van der Waals surface area (Å²) in [5, 5.41) is 10.8. The van der Waals surface area contributed by atoms with E-state index in [2.05, 4.69) is 11.1 Å². The summed E-state index contributed by atoms with van der Waals surface area (Å²) >= 11 is 0. The summed E-state index contributed by atoms with van der Waals surface area (Å²) in [7, 11) is 0. The lowest BCUT2D eigenvalue weighted by Gasteiger charge is -2.22. The molecule has 6 nitrogen and oxygen atoms in total. The third-order valence-corrected chi connectivity index (χ3v) is 3.45. The first-order chi connectivity index (χ1) is 9.63. The van der Waals surface area contributed by atoms with E-state index in [-0.39, 0.29) is 0 Å². The van der Waals surface area contributed by atoms with Crippen molar-refractivity contribution in [2.75, 3.05) is 5.01 Å². The number of aromatic nitrogens is 2. The van der Waals surface area contributed by atoms with Gasteiger partial charge >= 0.3 is 0 Å². The Morgan fingerprint density at radius 2 is 2.05 bits per heavy atom. The zero-order valence-electron chi connectivity index (χ0n) is 11.0. The number of anilines is 1. The number of nitriles is 1. The highest BCUT2D eigenvalue weighted by Crippen LogP contribution is 2.32. The number of allylic oxidation sites excluding steroid dienone is 2. The van der Waals surface area contributed by atoms with Crippen LogP contribution in [0.3, 0.4) is 0 Å². The summed E-state index contributed by atoms with van der Waals surface area (Å²) in [6.07, 6.45) is 2.12. The van der Waals surface area contributed by atoms with Gasteiger partial charge in [0.15, 0.2) is 5.69 Å². The standard InChI is InChI=1S/C14H14N6/c1-9(16)13-6-14-10(7-15)18-8-19(14)11-4-2-3-5-12(11)20(13)17/h2-5,8H,6,16-17H2,1H3/b13-9-. The average Bonchev–Trinajstić information content (AvgIpc) is 2.81. The van der Waals surface area contributed by atoms with Gasteiger partial charge in [0.05, 0.1) is 22.8 Å². The molecule has 20 heavy (non-hydrogen) atoms. The molecule has 0 aliphatic carbocycles. The van der Waals surface area contributed by atoms with Crippen molar-refractivity contribution >= 4 is 5.69 Å². The molecule has 0 unspecified atom stereocenters. The third kappa shape index (κ3) is 1.65. The smallest absolute Gasteiger partial charge is 0.162 e. The number of para-hydroxylation sites is 2. The lowest BCUT2D eigenvalue weighted by Crippen LogP contribution is -2.32. The number of fused-ring (bicyclic) bond motifs is 3. The largest absolute Gasteiger partial charge is 0.401 e. The molecular weight excluding hydrogens is 252 g/mol. The summed E-state index contributed by atoms with van der Waals surface area (Å²) in [4.78, 5) is 4.15. The van der Waals surface area contributed by atoms with Gasteiger partial charge in [0.2, 0.25) is 0 Å². The van der Waals surface area contributed by atoms with Crippen molar-refractivity contribution in [3.05, 3.63) is 53.4 Å². The van der Waals surface area contributed by atoms with Crippen molar-refractivity contribution in [3.8, 4) is 11.8 Å². The van der Waals surface area contributed by atoms with E-state index in [1.54, 1.807) is 18.3 Å². The molecule has 2 heterocycles. The molecule has 0 saturated heterocycles. The molecule has 100 valence electrons. The van der Waals surface area contributed by atoms with Crippen LogP contribution in [0.15, 0.2) is 42.0 Å². The Labute approximate surface area is 116 Å². The third-order valence-electron chi connectivity index (χ3n) is 3.45. The topological polar surface area (TPSA) is 96.9 Å². The Hall–Kier alpha value is -2.78. The second-order valence-corrected chi connectivity index (χ2v) is 4.69. The maximum Gasteiger partial charge on any atom is 0.162 e. The first kappa shape index (κ1) is 12.3. The zero-order valence-corrected chi connectivity index (χ0v) is 11.0. The van der Waals surface area contributed by atoms with Crippen molar-refractivity contribution < 1.29 is 0 Å². The second kappa shape index (κ2) is 4.40. The van der Waals surface area contributed by atoms with Crippen molar-refractivity contribution in [1.82, 2.24) is 9.55 Å². The molecular formula is C14H14N6. The molecule has 2 aromatic rings. The van der Waals surface area contributed by atoms with Crippen LogP contribution >= 0.6 is 0 Å². The van der Waals surface area contributed by atoms with Gasteiger partial charge in [-0.2, -0.15) is 5.26 Å². The van der Waals surface area contributed by atoms with Gasteiger partial charge in [-0.05, 0) is 19.1 Å². The maximum atomic E-state index is 9.20. The summed E-state index contributed by atoms with van der Waals surface area (Å²) in [6, 6.07) is 9.81. The summed E-state index contributed by atoms with van der Waals surface area (Å²) in [6.45, 7) is 1.80. The lowest BCUT2D eigenvalue weighted by molar-refractivity contribution is 0.898. The average molecular weight is 266 g/mol. The fraction of sp³-hybridized carbons (Fsp3) is 0.143. The van der Waals surface area contributed by atoms with Crippen LogP contribution in [0.4, 0.5) is 5.69 Å². The second-order valence-electron chi connectivity index (χ2n) is 4.69. The Bertz CT molecular complexity index is 745. The van der Waals surface area contributed by atoms with Crippen LogP contribution < -0.4 is 16.6 Å². The van der Waals surface area contributed by atoms with Crippen LogP contribution in [0.1, 0.15) is 18.3 Å². The molecule has 0 bridgehead atoms. The molecule has 0 fully saturated rings. The Morgan fingerprint density at radius 3 is 2.70 bits per heavy atom. The van der Waals surface area contributed by atoms with Crippen molar-refractivity contribution in [1.29, 1.82) is 5.26 Å². The molecule has 3 rings (SSSR count). The highest BCUT2D eigenvalue weighted by atomic mass is 15.4. The Kier molecular flexibility index (Phi) is 2.70. The highest BCUT2D eigenvalue weighted by Gasteiger charge is 2.24. The molecule has 1 aromatic heterocycles. The van der Waals surface area contributed by atoms with E-state index in [9.17, 15) is 5.26 Å². The molecule has 6 heteroatoms. The van der Waals surface area contributed by atoms with Crippen LogP contribution in [0.5, 0.6) is 0 Å². The van der Waals surface area contributed by atoms with Crippen LogP contribution in [-0.4, -0.2) is 9.55 Å². The minimum absolute atomic E-state index is 0.397. The molecule has 4 N–H and O–H groups in total. The number of rotatable bonds is 0.